The summed E-state index contributed by atoms with van der Waals surface area (Å²) >= 11 is 0. The average Bonchev–Trinajstić information content (AvgIpc) is 2.42. The van der Waals surface area contributed by atoms with Crippen LogP contribution in [0.3, 0.4) is 0 Å². The highest BCUT2D eigenvalue weighted by Gasteiger charge is 2.03. The minimum absolute atomic E-state index is 0.478. The molecule has 0 saturated carbocycles. The van der Waals surface area contributed by atoms with E-state index in [2.05, 4.69) is 19.1 Å². The maximum absolute atomic E-state index is 5.80. The zero-order valence-electron chi connectivity index (χ0n) is 11.2. The fourth-order valence-corrected chi connectivity index (χ4v) is 1.89. The number of nitrogens with two attached hydrogens (primary N) is 2. The molecule has 0 aliphatic heterocycles. The third kappa shape index (κ3) is 4.00. The summed E-state index contributed by atoms with van der Waals surface area (Å²) in [4.78, 5) is 0. The Hall–Kier alpha value is -2.00. The Balaban J connectivity index is 2.08. The second-order valence-electron chi connectivity index (χ2n) is 4.86. The zero-order valence-corrected chi connectivity index (χ0v) is 11.2. The molecule has 1 atom stereocenters. The summed E-state index contributed by atoms with van der Waals surface area (Å²) in [6, 6.07) is 15.5. The van der Waals surface area contributed by atoms with E-state index in [4.69, 9.17) is 16.2 Å². The minimum atomic E-state index is 0.478. The first-order valence-electron chi connectivity index (χ1n) is 6.50. The molecule has 2 rings (SSSR count). The van der Waals surface area contributed by atoms with Gasteiger partial charge in [-0.2, -0.15) is 0 Å². The molecule has 0 aliphatic rings. The van der Waals surface area contributed by atoms with Crippen LogP contribution in [0.25, 0.3) is 0 Å². The van der Waals surface area contributed by atoms with Gasteiger partial charge >= 0.3 is 0 Å². The van der Waals surface area contributed by atoms with Crippen molar-refractivity contribution in [1.82, 2.24) is 0 Å². The lowest BCUT2D eigenvalue weighted by Crippen LogP contribution is -2.12. The van der Waals surface area contributed by atoms with Crippen LogP contribution >= 0.6 is 0 Å². The van der Waals surface area contributed by atoms with E-state index in [-0.39, 0.29) is 0 Å². The third-order valence-electron chi connectivity index (χ3n) is 3.00. The summed E-state index contributed by atoms with van der Waals surface area (Å²) in [6.45, 7) is 2.84. The van der Waals surface area contributed by atoms with Crippen molar-refractivity contribution in [2.24, 2.45) is 11.7 Å². The quantitative estimate of drug-likeness (QED) is 0.807. The molecular weight excluding hydrogens is 236 g/mol. The fourth-order valence-electron chi connectivity index (χ4n) is 1.89. The van der Waals surface area contributed by atoms with Crippen molar-refractivity contribution in [2.75, 3.05) is 12.3 Å². The number of benzene rings is 2. The first kappa shape index (κ1) is 13.4. The van der Waals surface area contributed by atoms with Gasteiger partial charge in [-0.05, 0) is 60.8 Å². The summed E-state index contributed by atoms with van der Waals surface area (Å²) in [5.74, 6) is 2.11. The van der Waals surface area contributed by atoms with E-state index < -0.39 is 0 Å². The Labute approximate surface area is 114 Å². The number of anilines is 1. The molecule has 4 N–H and O–H groups in total. The van der Waals surface area contributed by atoms with Crippen LogP contribution < -0.4 is 16.2 Å². The van der Waals surface area contributed by atoms with Crippen LogP contribution in [0, 0.1) is 5.92 Å². The summed E-state index contributed by atoms with van der Waals surface area (Å²) in [5.41, 5.74) is 13.3. The topological polar surface area (TPSA) is 61.3 Å². The van der Waals surface area contributed by atoms with Gasteiger partial charge in [-0.25, -0.2) is 0 Å². The van der Waals surface area contributed by atoms with Gasteiger partial charge in [-0.1, -0.05) is 19.1 Å². The van der Waals surface area contributed by atoms with Gasteiger partial charge in [0.1, 0.15) is 11.5 Å². The predicted molar refractivity (Wildman–Crippen MR) is 79.3 cm³/mol. The third-order valence-corrected chi connectivity index (χ3v) is 3.00. The van der Waals surface area contributed by atoms with Crippen molar-refractivity contribution in [3.05, 3.63) is 54.1 Å². The van der Waals surface area contributed by atoms with Gasteiger partial charge in [0.15, 0.2) is 0 Å². The van der Waals surface area contributed by atoms with Gasteiger partial charge in [-0.3, -0.25) is 0 Å². The van der Waals surface area contributed by atoms with Crippen LogP contribution in [0.15, 0.2) is 48.5 Å². The van der Waals surface area contributed by atoms with E-state index in [1.807, 2.05) is 36.4 Å². The van der Waals surface area contributed by atoms with Crippen LogP contribution in [0.2, 0.25) is 0 Å². The fraction of sp³-hybridized carbons (Fsp3) is 0.250. The van der Waals surface area contributed by atoms with Gasteiger partial charge < -0.3 is 16.2 Å². The highest BCUT2D eigenvalue weighted by molar-refractivity contribution is 5.43. The lowest BCUT2D eigenvalue weighted by Gasteiger charge is -2.10. The molecule has 2 aromatic rings. The molecule has 0 saturated heterocycles. The zero-order chi connectivity index (χ0) is 13.7. The van der Waals surface area contributed by atoms with E-state index in [1.165, 1.54) is 5.56 Å². The molecule has 1 unspecified atom stereocenters. The molecule has 0 fully saturated rings. The van der Waals surface area contributed by atoms with Gasteiger partial charge in [-0.15, -0.1) is 0 Å². The molecule has 100 valence electrons. The number of rotatable bonds is 5. The molecule has 3 heteroatoms. The van der Waals surface area contributed by atoms with Crippen LogP contribution in [-0.4, -0.2) is 6.54 Å². The number of nitrogen functional groups attached to an aromatic ring is 1. The van der Waals surface area contributed by atoms with Crippen molar-refractivity contribution in [1.29, 1.82) is 0 Å². The Morgan fingerprint density at radius 3 is 2.47 bits per heavy atom. The van der Waals surface area contributed by atoms with Crippen molar-refractivity contribution < 1.29 is 4.74 Å². The van der Waals surface area contributed by atoms with Gasteiger partial charge in [0.25, 0.3) is 0 Å². The lowest BCUT2D eigenvalue weighted by molar-refractivity contribution is 0.481. The highest BCUT2D eigenvalue weighted by Crippen LogP contribution is 2.23. The predicted octanol–water partition coefficient (Wildman–Crippen LogP) is 3.20. The Bertz CT molecular complexity index is 523. The van der Waals surface area contributed by atoms with Crippen molar-refractivity contribution in [2.45, 2.75) is 13.3 Å². The van der Waals surface area contributed by atoms with Gasteiger partial charge in [0.2, 0.25) is 0 Å². The molecule has 19 heavy (non-hydrogen) atoms. The largest absolute Gasteiger partial charge is 0.457 e. The molecule has 0 aliphatic carbocycles. The molecule has 0 aromatic heterocycles. The van der Waals surface area contributed by atoms with Crippen molar-refractivity contribution in [3.8, 4) is 11.5 Å². The highest BCUT2D eigenvalue weighted by atomic mass is 16.5. The molecular formula is C16H20N2O. The van der Waals surface area contributed by atoms with Gasteiger partial charge in [0.05, 0.1) is 0 Å². The summed E-state index contributed by atoms with van der Waals surface area (Å²) in [5, 5.41) is 0. The Morgan fingerprint density at radius 1 is 1.05 bits per heavy atom. The average molecular weight is 256 g/mol. The molecule has 3 nitrogen and oxygen atoms in total. The lowest BCUT2D eigenvalue weighted by atomic mass is 10.0. The smallest absolute Gasteiger partial charge is 0.127 e. The number of hydrogen-bond donors (Lipinski definition) is 2. The van der Waals surface area contributed by atoms with Crippen LogP contribution in [0.1, 0.15) is 12.5 Å². The molecule has 0 amide bonds. The summed E-state index contributed by atoms with van der Waals surface area (Å²) < 4.78 is 5.80. The van der Waals surface area contributed by atoms with Gasteiger partial charge in [0, 0.05) is 5.69 Å². The normalized spacial score (nSPS) is 12.1. The van der Waals surface area contributed by atoms with Crippen molar-refractivity contribution in [3.63, 3.8) is 0 Å². The van der Waals surface area contributed by atoms with E-state index in [1.54, 1.807) is 0 Å². The molecule has 0 heterocycles. The van der Waals surface area contributed by atoms with Crippen LogP contribution in [0.5, 0.6) is 11.5 Å². The number of hydrogen-bond acceptors (Lipinski definition) is 3. The molecule has 0 radical (unpaired) electrons. The van der Waals surface area contributed by atoms with Crippen LogP contribution in [-0.2, 0) is 6.42 Å². The van der Waals surface area contributed by atoms with E-state index in [9.17, 15) is 0 Å². The molecule has 0 spiro atoms. The standard InChI is InChI=1S/C16H20N2O/c1-12(11-17)9-13-3-2-4-16(10-13)19-15-7-5-14(18)6-8-15/h2-8,10,12H,9,11,17-18H2,1H3. The molecule has 0 bridgehead atoms. The number of ether oxygens (including phenoxy) is 1. The monoisotopic (exact) mass is 256 g/mol. The maximum atomic E-state index is 5.80. The SMILES string of the molecule is CC(CN)Cc1cccc(Oc2ccc(N)cc2)c1. The molecule has 2 aromatic carbocycles. The van der Waals surface area contributed by atoms with E-state index in [0.29, 0.717) is 12.5 Å². The summed E-state index contributed by atoms with van der Waals surface area (Å²) in [6.07, 6.45) is 0.968. The van der Waals surface area contributed by atoms with E-state index >= 15 is 0 Å². The minimum Gasteiger partial charge on any atom is -0.457 e. The van der Waals surface area contributed by atoms with Crippen LogP contribution in [0.4, 0.5) is 5.69 Å². The second kappa shape index (κ2) is 6.25. The van der Waals surface area contributed by atoms with E-state index in [0.717, 1.165) is 23.6 Å². The van der Waals surface area contributed by atoms with Crippen molar-refractivity contribution >= 4 is 5.69 Å². The second-order valence-corrected chi connectivity index (χ2v) is 4.86. The summed E-state index contributed by atoms with van der Waals surface area (Å²) in [7, 11) is 0. The Morgan fingerprint density at radius 2 is 1.79 bits per heavy atom. The Kier molecular flexibility index (Phi) is 4.42. The first-order chi connectivity index (χ1) is 9.17. The maximum Gasteiger partial charge on any atom is 0.127 e. The first-order valence-corrected chi connectivity index (χ1v) is 6.50.